The molecule has 4 nitrogen and oxygen atoms in total. The first-order valence-corrected chi connectivity index (χ1v) is 7.04. The van der Waals surface area contributed by atoms with E-state index in [0.29, 0.717) is 11.4 Å². The molecule has 1 atom stereocenters. The van der Waals surface area contributed by atoms with E-state index in [9.17, 15) is 9.59 Å². The number of carbonyl (C=O) groups excluding carboxylic acids is 2. The van der Waals surface area contributed by atoms with E-state index in [4.69, 9.17) is 21.1 Å². The first-order chi connectivity index (χ1) is 9.57. The summed E-state index contributed by atoms with van der Waals surface area (Å²) >= 11 is 6.15. The topological polar surface area (TPSA) is 52.6 Å². The number of carbonyl (C=O) groups is 2. The van der Waals surface area contributed by atoms with Gasteiger partial charge in [-0.05, 0) is 31.9 Å². The van der Waals surface area contributed by atoms with E-state index in [1.807, 2.05) is 18.2 Å². The van der Waals surface area contributed by atoms with Gasteiger partial charge in [-0.25, -0.2) is 0 Å². The molecule has 2 rings (SSSR count). The summed E-state index contributed by atoms with van der Waals surface area (Å²) in [5.74, 6) is -1.32. The van der Waals surface area contributed by atoms with Gasteiger partial charge in [-0.1, -0.05) is 29.8 Å². The number of benzene rings is 1. The standard InChI is InChI=1S/C15H17ClO4/c1-3-19-13(17)15(14(18)20-4-2)9-11(15)10-7-5-6-8-12(10)16/h5-8,11H,3-4,9H2,1-2H3. The Kier molecular flexibility index (Phi) is 4.33. The van der Waals surface area contributed by atoms with Gasteiger partial charge in [0.2, 0.25) is 0 Å². The molecule has 0 N–H and O–H groups in total. The SMILES string of the molecule is CCOC(=O)C1(C(=O)OCC)CC1c1ccccc1Cl. The molecule has 1 aromatic rings. The van der Waals surface area contributed by atoms with Crippen molar-refractivity contribution in [2.45, 2.75) is 26.2 Å². The molecule has 1 fully saturated rings. The molecule has 0 bridgehead atoms. The average Bonchev–Trinajstić information content (AvgIpc) is 3.16. The molecule has 5 heteroatoms. The monoisotopic (exact) mass is 296 g/mol. The largest absolute Gasteiger partial charge is 0.465 e. The molecule has 1 aliphatic rings. The van der Waals surface area contributed by atoms with Gasteiger partial charge in [0, 0.05) is 10.9 Å². The molecule has 1 saturated carbocycles. The van der Waals surface area contributed by atoms with Crippen LogP contribution < -0.4 is 0 Å². The minimum atomic E-state index is -1.23. The molecule has 0 aliphatic heterocycles. The van der Waals surface area contributed by atoms with E-state index in [0.717, 1.165) is 5.56 Å². The van der Waals surface area contributed by atoms with Crippen molar-refractivity contribution in [3.05, 3.63) is 34.9 Å². The van der Waals surface area contributed by atoms with Crippen molar-refractivity contribution in [2.24, 2.45) is 5.41 Å². The van der Waals surface area contributed by atoms with Gasteiger partial charge in [0.15, 0.2) is 5.41 Å². The van der Waals surface area contributed by atoms with E-state index in [1.54, 1.807) is 19.9 Å². The smallest absolute Gasteiger partial charge is 0.324 e. The third kappa shape index (κ3) is 2.40. The average molecular weight is 297 g/mol. The van der Waals surface area contributed by atoms with E-state index < -0.39 is 17.4 Å². The van der Waals surface area contributed by atoms with Crippen molar-refractivity contribution >= 4 is 23.5 Å². The highest BCUT2D eigenvalue weighted by Crippen LogP contribution is 2.62. The predicted molar refractivity (Wildman–Crippen MR) is 74.5 cm³/mol. The zero-order valence-electron chi connectivity index (χ0n) is 11.5. The summed E-state index contributed by atoms with van der Waals surface area (Å²) in [6.07, 6.45) is 0.383. The highest BCUT2D eigenvalue weighted by Gasteiger charge is 2.69. The van der Waals surface area contributed by atoms with E-state index >= 15 is 0 Å². The van der Waals surface area contributed by atoms with Crippen molar-refractivity contribution in [1.29, 1.82) is 0 Å². The lowest BCUT2D eigenvalue weighted by atomic mass is 9.99. The Bertz CT molecular complexity index is 508. The third-order valence-electron chi connectivity index (χ3n) is 3.52. The fourth-order valence-electron chi connectivity index (χ4n) is 2.45. The van der Waals surface area contributed by atoms with Crippen molar-refractivity contribution in [1.82, 2.24) is 0 Å². The molecule has 108 valence electrons. The van der Waals surface area contributed by atoms with Gasteiger partial charge in [0.1, 0.15) is 0 Å². The van der Waals surface area contributed by atoms with E-state index in [-0.39, 0.29) is 19.1 Å². The molecule has 0 radical (unpaired) electrons. The quantitative estimate of drug-likeness (QED) is 0.619. The fraction of sp³-hybridized carbons (Fsp3) is 0.467. The van der Waals surface area contributed by atoms with Crippen molar-refractivity contribution < 1.29 is 19.1 Å². The summed E-state index contributed by atoms with van der Waals surface area (Å²) < 4.78 is 10.1. The number of hydrogen-bond donors (Lipinski definition) is 0. The minimum absolute atomic E-state index is 0.231. The molecule has 20 heavy (non-hydrogen) atoms. The Labute approximate surface area is 123 Å². The maximum atomic E-state index is 12.2. The Morgan fingerprint density at radius 1 is 1.20 bits per heavy atom. The summed E-state index contributed by atoms with van der Waals surface area (Å²) in [7, 11) is 0. The molecule has 1 aromatic carbocycles. The van der Waals surface area contributed by atoms with Gasteiger partial charge < -0.3 is 9.47 Å². The van der Waals surface area contributed by atoms with Crippen LogP contribution in [0.15, 0.2) is 24.3 Å². The zero-order valence-corrected chi connectivity index (χ0v) is 12.3. The van der Waals surface area contributed by atoms with Crippen LogP contribution in [0.5, 0.6) is 0 Å². The lowest BCUT2D eigenvalue weighted by molar-refractivity contribution is -0.164. The number of ether oxygens (including phenoxy) is 2. The number of rotatable bonds is 5. The lowest BCUT2D eigenvalue weighted by Crippen LogP contribution is -2.31. The Morgan fingerprint density at radius 3 is 2.25 bits per heavy atom. The first kappa shape index (κ1) is 14.9. The first-order valence-electron chi connectivity index (χ1n) is 6.66. The summed E-state index contributed by atoms with van der Waals surface area (Å²) in [6.45, 7) is 3.89. The number of halogens is 1. The molecule has 1 unspecified atom stereocenters. The van der Waals surface area contributed by atoms with Crippen molar-refractivity contribution in [2.75, 3.05) is 13.2 Å². The second-order valence-corrected chi connectivity index (χ2v) is 5.10. The minimum Gasteiger partial charge on any atom is -0.465 e. The Morgan fingerprint density at radius 2 is 1.75 bits per heavy atom. The van der Waals surface area contributed by atoms with Crippen molar-refractivity contribution in [3.63, 3.8) is 0 Å². The van der Waals surface area contributed by atoms with Crippen LogP contribution in [0.3, 0.4) is 0 Å². The summed E-state index contributed by atoms with van der Waals surface area (Å²) in [4.78, 5) is 24.3. The van der Waals surface area contributed by atoms with Crippen LogP contribution in [0.25, 0.3) is 0 Å². The molecule has 0 amide bonds. The zero-order chi connectivity index (χ0) is 14.8. The van der Waals surface area contributed by atoms with Crippen LogP contribution in [0.2, 0.25) is 5.02 Å². The second kappa shape index (κ2) is 5.83. The highest BCUT2D eigenvalue weighted by molar-refractivity contribution is 6.31. The molecule has 0 heterocycles. The fourth-order valence-corrected chi connectivity index (χ4v) is 2.72. The second-order valence-electron chi connectivity index (χ2n) is 4.69. The molecule has 0 spiro atoms. The van der Waals surface area contributed by atoms with Crippen LogP contribution in [0.1, 0.15) is 31.7 Å². The van der Waals surface area contributed by atoms with Gasteiger partial charge in [-0.3, -0.25) is 9.59 Å². The molecule has 0 saturated heterocycles. The van der Waals surface area contributed by atoms with Crippen LogP contribution in [-0.2, 0) is 19.1 Å². The molecule has 0 aromatic heterocycles. The predicted octanol–water partition coefficient (Wildman–Crippen LogP) is 2.94. The van der Waals surface area contributed by atoms with Crippen LogP contribution in [0, 0.1) is 5.41 Å². The lowest BCUT2D eigenvalue weighted by Gasteiger charge is -2.15. The molecular formula is C15H17ClO4. The third-order valence-corrected chi connectivity index (χ3v) is 3.87. The maximum absolute atomic E-state index is 12.2. The highest BCUT2D eigenvalue weighted by atomic mass is 35.5. The normalized spacial score (nSPS) is 19.2. The van der Waals surface area contributed by atoms with E-state index in [1.165, 1.54) is 0 Å². The van der Waals surface area contributed by atoms with Gasteiger partial charge >= 0.3 is 11.9 Å². The van der Waals surface area contributed by atoms with Gasteiger partial charge in [-0.15, -0.1) is 0 Å². The van der Waals surface area contributed by atoms with Crippen LogP contribution in [0.4, 0.5) is 0 Å². The Balaban J connectivity index is 2.31. The van der Waals surface area contributed by atoms with Gasteiger partial charge in [0.05, 0.1) is 13.2 Å². The van der Waals surface area contributed by atoms with Crippen LogP contribution in [-0.4, -0.2) is 25.2 Å². The Hall–Kier alpha value is -1.55. The molecule has 1 aliphatic carbocycles. The number of hydrogen-bond acceptors (Lipinski definition) is 4. The van der Waals surface area contributed by atoms with Crippen molar-refractivity contribution in [3.8, 4) is 0 Å². The maximum Gasteiger partial charge on any atom is 0.324 e. The summed E-state index contributed by atoms with van der Waals surface area (Å²) in [5.41, 5.74) is -0.438. The summed E-state index contributed by atoms with van der Waals surface area (Å²) in [5, 5.41) is 0.549. The van der Waals surface area contributed by atoms with Gasteiger partial charge in [-0.2, -0.15) is 0 Å². The summed E-state index contributed by atoms with van der Waals surface area (Å²) in [6, 6.07) is 7.22. The van der Waals surface area contributed by atoms with Gasteiger partial charge in [0.25, 0.3) is 0 Å². The molecular weight excluding hydrogens is 280 g/mol. The number of esters is 2. The van der Waals surface area contributed by atoms with E-state index in [2.05, 4.69) is 0 Å². The van der Waals surface area contributed by atoms with Crippen LogP contribution >= 0.6 is 11.6 Å².